The predicted octanol–water partition coefficient (Wildman–Crippen LogP) is 13.9. The first-order valence-electron chi connectivity index (χ1n) is 20.2. The molecule has 0 radical (unpaired) electrons. The first-order valence-corrected chi connectivity index (χ1v) is 20.2. The highest BCUT2D eigenvalue weighted by Gasteiger charge is 2.04. The van der Waals surface area contributed by atoms with E-state index >= 15 is 0 Å². The molecule has 0 unspecified atom stereocenters. The third-order valence-corrected chi connectivity index (χ3v) is 9.50. The number of carboxylic acid groups (broad SMARTS) is 1. The van der Waals surface area contributed by atoms with Crippen molar-refractivity contribution in [1.82, 2.24) is 0 Å². The van der Waals surface area contributed by atoms with Crippen LogP contribution in [-0.2, 0) is 9.59 Å². The van der Waals surface area contributed by atoms with E-state index in [1.807, 2.05) is 30.3 Å². The van der Waals surface area contributed by atoms with Crippen LogP contribution in [0.25, 0.3) is 0 Å². The normalized spacial score (nSPS) is 11.2. The molecule has 0 fully saturated rings. The van der Waals surface area contributed by atoms with Crippen LogP contribution in [0, 0.1) is 0 Å². The summed E-state index contributed by atoms with van der Waals surface area (Å²) in [5.74, 6) is -0.110. The molecule has 0 saturated heterocycles. The molecule has 1 rings (SSSR count). The van der Waals surface area contributed by atoms with Gasteiger partial charge in [-0.05, 0) is 25.0 Å². The van der Waals surface area contributed by atoms with E-state index in [0.29, 0.717) is 18.6 Å². The van der Waals surface area contributed by atoms with Gasteiger partial charge < -0.3 is 9.84 Å². The number of benzene rings is 1. The Morgan fingerprint density at radius 1 is 0.370 bits per heavy atom. The second kappa shape index (κ2) is 34.5. The molecule has 0 aliphatic heterocycles. The molecule has 266 valence electrons. The summed E-state index contributed by atoms with van der Waals surface area (Å²) in [6.45, 7) is 0. The van der Waals surface area contributed by atoms with Gasteiger partial charge in [0.2, 0.25) is 0 Å². The molecule has 1 N–H and O–H groups in total. The molecule has 0 amide bonds. The highest BCUT2D eigenvalue weighted by molar-refractivity contribution is 5.72. The fourth-order valence-corrected chi connectivity index (χ4v) is 6.52. The second-order valence-corrected chi connectivity index (χ2v) is 14.0. The molecule has 0 saturated carbocycles. The average Bonchev–Trinajstić information content (AvgIpc) is 3.05. The highest BCUT2D eigenvalue weighted by Crippen LogP contribution is 2.17. The maximum atomic E-state index is 11.9. The van der Waals surface area contributed by atoms with Gasteiger partial charge in [0, 0.05) is 12.8 Å². The van der Waals surface area contributed by atoms with Crippen molar-refractivity contribution >= 4 is 11.9 Å². The third-order valence-electron chi connectivity index (χ3n) is 9.50. The summed E-state index contributed by atoms with van der Waals surface area (Å²) in [6, 6.07) is 9.37. The van der Waals surface area contributed by atoms with Crippen molar-refractivity contribution < 1.29 is 19.4 Å². The third kappa shape index (κ3) is 32.1. The minimum absolute atomic E-state index is 0.107. The van der Waals surface area contributed by atoms with Gasteiger partial charge in [0.1, 0.15) is 5.75 Å². The number of ether oxygens (including phenoxy) is 1. The molecule has 0 aliphatic carbocycles. The van der Waals surface area contributed by atoms with Crippen LogP contribution in [0.4, 0.5) is 0 Å². The minimum atomic E-state index is -0.653. The second-order valence-electron chi connectivity index (χ2n) is 14.0. The maximum Gasteiger partial charge on any atom is 0.311 e. The van der Waals surface area contributed by atoms with Crippen LogP contribution < -0.4 is 4.74 Å². The Balaban J connectivity index is 1.64. The first kappa shape index (κ1) is 42.2. The summed E-state index contributed by atoms with van der Waals surface area (Å²) in [5.41, 5.74) is 0. The van der Waals surface area contributed by atoms with Crippen molar-refractivity contribution in [3.8, 4) is 5.75 Å². The van der Waals surface area contributed by atoms with Crippen LogP contribution in [0.1, 0.15) is 218 Å². The molecule has 4 heteroatoms. The van der Waals surface area contributed by atoms with Gasteiger partial charge >= 0.3 is 11.9 Å². The Morgan fingerprint density at radius 2 is 0.609 bits per heavy atom. The summed E-state index contributed by atoms with van der Waals surface area (Å²) < 4.78 is 5.34. The van der Waals surface area contributed by atoms with Gasteiger partial charge in [0.15, 0.2) is 0 Å². The summed E-state index contributed by atoms with van der Waals surface area (Å²) in [5, 5.41) is 8.65. The molecule has 1 aromatic carbocycles. The molecule has 0 heterocycles. The molecule has 0 spiro atoms. The molecule has 0 aliphatic rings. The van der Waals surface area contributed by atoms with Crippen LogP contribution in [0.3, 0.4) is 0 Å². The number of rotatable bonds is 36. The number of esters is 1. The van der Waals surface area contributed by atoms with Gasteiger partial charge in [-0.25, -0.2) is 0 Å². The van der Waals surface area contributed by atoms with Gasteiger partial charge in [0.05, 0.1) is 0 Å². The monoisotopic (exact) mass is 643 g/mol. The van der Waals surface area contributed by atoms with Crippen LogP contribution in [0.15, 0.2) is 30.3 Å². The fraction of sp³-hybridized carbons (Fsp3) is 0.810. The van der Waals surface area contributed by atoms with Gasteiger partial charge in [-0.2, -0.15) is 0 Å². The molecule has 4 nitrogen and oxygen atoms in total. The summed E-state index contributed by atoms with van der Waals surface area (Å²) in [4.78, 5) is 22.4. The number of hydrogen-bond donors (Lipinski definition) is 1. The largest absolute Gasteiger partial charge is 0.481 e. The number of para-hydroxylation sites is 1. The molecular formula is C42H74O4. The van der Waals surface area contributed by atoms with Crippen molar-refractivity contribution in [3.05, 3.63) is 30.3 Å². The van der Waals surface area contributed by atoms with E-state index < -0.39 is 5.97 Å². The quantitative estimate of drug-likeness (QED) is 0.0449. The number of aliphatic carboxylic acids is 1. The Kier molecular flexibility index (Phi) is 31.6. The highest BCUT2D eigenvalue weighted by atomic mass is 16.5. The topological polar surface area (TPSA) is 63.6 Å². The van der Waals surface area contributed by atoms with E-state index in [1.54, 1.807) is 0 Å². The Labute approximate surface area is 285 Å². The predicted molar refractivity (Wildman–Crippen MR) is 197 cm³/mol. The molecular weight excluding hydrogens is 568 g/mol. The minimum Gasteiger partial charge on any atom is -0.481 e. The van der Waals surface area contributed by atoms with Gasteiger partial charge in [-0.3, -0.25) is 9.59 Å². The van der Waals surface area contributed by atoms with E-state index in [2.05, 4.69) is 0 Å². The Morgan fingerprint density at radius 3 is 0.870 bits per heavy atom. The van der Waals surface area contributed by atoms with Gasteiger partial charge in [0.25, 0.3) is 0 Å². The number of carbonyl (C=O) groups is 2. The lowest BCUT2D eigenvalue weighted by Gasteiger charge is -2.05. The average molecular weight is 643 g/mol. The number of hydrogen-bond acceptors (Lipinski definition) is 3. The lowest BCUT2D eigenvalue weighted by molar-refractivity contribution is -0.137. The molecule has 1 aromatic rings. The zero-order valence-electron chi connectivity index (χ0n) is 30.1. The maximum absolute atomic E-state index is 11.9. The SMILES string of the molecule is O=C(O)CCCCCCCCCCCCCCCCCCCCCCCCCCCCCCCCCCC(=O)Oc1ccccc1. The summed E-state index contributed by atoms with van der Waals surface area (Å²) in [7, 11) is 0. The summed E-state index contributed by atoms with van der Waals surface area (Å²) in [6.07, 6.45) is 43.9. The van der Waals surface area contributed by atoms with E-state index in [1.165, 1.54) is 180 Å². The lowest BCUT2D eigenvalue weighted by atomic mass is 10.0. The summed E-state index contributed by atoms with van der Waals surface area (Å²) >= 11 is 0. The molecule has 46 heavy (non-hydrogen) atoms. The standard InChI is InChI=1S/C42H74O4/c43-41(44)38-34-29-27-25-23-21-19-17-15-13-11-9-7-5-3-1-2-4-6-8-10-12-14-16-18-20-22-24-26-28-30-35-39-42(45)46-40-36-32-31-33-37-40/h31-33,36-37H,1-30,34-35,38-39H2,(H,43,44). The zero-order valence-corrected chi connectivity index (χ0v) is 30.1. The van der Waals surface area contributed by atoms with E-state index in [9.17, 15) is 9.59 Å². The van der Waals surface area contributed by atoms with Crippen molar-refractivity contribution in [2.45, 2.75) is 218 Å². The molecule has 0 bridgehead atoms. The lowest BCUT2D eigenvalue weighted by Crippen LogP contribution is -2.07. The Bertz CT molecular complexity index is 777. The Hall–Kier alpha value is -1.84. The van der Waals surface area contributed by atoms with E-state index in [-0.39, 0.29) is 5.97 Å². The first-order chi connectivity index (χ1) is 22.7. The molecule has 0 atom stereocenters. The van der Waals surface area contributed by atoms with Crippen LogP contribution in [0.5, 0.6) is 5.75 Å². The van der Waals surface area contributed by atoms with Crippen molar-refractivity contribution in [3.63, 3.8) is 0 Å². The van der Waals surface area contributed by atoms with Crippen molar-refractivity contribution in [2.24, 2.45) is 0 Å². The number of carbonyl (C=O) groups excluding carboxylic acids is 1. The fourth-order valence-electron chi connectivity index (χ4n) is 6.52. The van der Waals surface area contributed by atoms with Crippen LogP contribution in [0.2, 0.25) is 0 Å². The number of unbranched alkanes of at least 4 members (excludes halogenated alkanes) is 31. The van der Waals surface area contributed by atoms with E-state index in [4.69, 9.17) is 9.84 Å². The van der Waals surface area contributed by atoms with Gasteiger partial charge in [-0.15, -0.1) is 0 Å². The van der Waals surface area contributed by atoms with Crippen molar-refractivity contribution in [1.29, 1.82) is 0 Å². The zero-order chi connectivity index (χ0) is 33.0. The van der Waals surface area contributed by atoms with E-state index in [0.717, 1.165) is 25.7 Å². The van der Waals surface area contributed by atoms with Crippen molar-refractivity contribution in [2.75, 3.05) is 0 Å². The molecule has 0 aromatic heterocycles. The van der Waals surface area contributed by atoms with Crippen LogP contribution >= 0.6 is 0 Å². The van der Waals surface area contributed by atoms with Crippen LogP contribution in [-0.4, -0.2) is 17.0 Å². The number of carboxylic acids is 1. The van der Waals surface area contributed by atoms with Gasteiger partial charge in [-0.1, -0.05) is 211 Å². The smallest absolute Gasteiger partial charge is 0.311 e.